The molecule has 100 valence electrons. The van der Waals surface area contributed by atoms with Gasteiger partial charge in [-0.2, -0.15) is 4.31 Å². The zero-order valence-corrected chi connectivity index (χ0v) is 12.2. The molecule has 0 spiro atoms. The second-order valence-electron chi connectivity index (χ2n) is 4.24. The fraction of sp³-hybridized carbons (Fsp3) is 0.455. The molecule has 0 aliphatic carbocycles. The molecular weight excluding hydrogens is 295 g/mol. The third-order valence-corrected chi connectivity index (χ3v) is 5.76. The fourth-order valence-corrected chi connectivity index (χ4v) is 3.72. The van der Waals surface area contributed by atoms with Crippen LogP contribution in [-0.4, -0.2) is 38.9 Å². The Balaban J connectivity index is 2.32. The van der Waals surface area contributed by atoms with Crippen LogP contribution >= 0.6 is 23.2 Å². The van der Waals surface area contributed by atoms with Gasteiger partial charge >= 0.3 is 0 Å². The van der Waals surface area contributed by atoms with Crippen LogP contribution in [0.15, 0.2) is 23.1 Å². The second kappa shape index (κ2) is 5.35. The Hall–Kier alpha value is -0.330. The smallest absolute Gasteiger partial charge is 0.243 e. The number of halogens is 2. The van der Waals surface area contributed by atoms with E-state index in [9.17, 15) is 8.42 Å². The molecule has 1 saturated heterocycles. The summed E-state index contributed by atoms with van der Waals surface area (Å²) in [5.41, 5.74) is 0. The summed E-state index contributed by atoms with van der Waals surface area (Å²) in [6, 6.07) is 4.35. The van der Waals surface area contributed by atoms with Gasteiger partial charge in [-0.1, -0.05) is 23.2 Å². The van der Waals surface area contributed by atoms with E-state index in [1.165, 1.54) is 22.5 Å². The highest BCUT2D eigenvalue weighted by molar-refractivity contribution is 7.89. The molecule has 1 aliphatic heterocycles. The Morgan fingerprint density at radius 1 is 1.33 bits per heavy atom. The van der Waals surface area contributed by atoms with Gasteiger partial charge in [0.1, 0.15) is 0 Å². The van der Waals surface area contributed by atoms with E-state index in [1.54, 1.807) is 7.05 Å². The van der Waals surface area contributed by atoms with Crippen LogP contribution < -0.4 is 5.32 Å². The standard InChI is InChI=1S/C11H14Cl2N2O2S/c1-15(8-4-5-14-7-8)18(16,17)9-2-3-10(12)11(13)6-9/h2-3,6,8,14H,4-5,7H2,1H3. The minimum Gasteiger partial charge on any atom is -0.315 e. The van der Waals surface area contributed by atoms with Crippen molar-refractivity contribution in [2.24, 2.45) is 0 Å². The fourth-order valence-electron chi connectivity index (χ4n) is 1.95. The Labute approximate surface area is 117 Å². The van der Waals surface area contributed by atoms with Crippen LogP contribution in [0, 0.1) is 0 Å². The van der Waals surface area contributed by atoms with Gasteiger partial charge in [-0.15, -0.1) is 0 Å². The number of hydrogen-bond acceptors (Lipinski definition) is 3. The van der Waals surface area contributed by atoms with Gasteiger partial charge in [0.25, 0.3) is 0 Å². The Morgan fingerprint density at radius 3 is 2.61 bits per heavy atom. The van der Waals surface area contributed by atoms with Gasteiger partial charge in [0.05, 0.1) is 14.9 Å². The number of likely N-dealkylation sites (N-methyl/N-ethyl adjacent to an activating group) is 1. The molecule has 0 bridgehead atoms. The topological polar surface area (TPSA) is 49.4 Å². The third kappa shape index (κ3) is 2.65. The minimum atomic E-state index is -3.51. The molecule has 0 saturated carbocycles. The van der Waals surface area contributed by atoms with Crippen molar-refractivity contribution in [3.05, 3.63) is 28.2 Å². The Morgan fingerprint density at radius 2 is 2.06 bits per heavy atom. The lowest BCUT2D eigenvalue weighted by Crippen LogP contribution is -2.38. The summed E-state index contributed by atoms with van der Waals surface area (Å²) in [6.45, 7) is 1.52. The van der Waals surface area contributed by atoms with Gasteiger partial charge in [0.2, 0.25) is 10.0 Å². The van der Waals surface area contributed by atoms with Gasteiger partial charge in [0.15, 0.2) is 0 Å². The molecule has 0 amide bonds. The predicted molar refractivity (Wildman–Crippen MR) is 72.7 cm³/mol. The SMILES string of the molecule is CN(C1CCNC1)S(=O)(=O)c1ccc(Cl)c(Cl)c1. The molecule has 18 heavy (non-hydrogen) atoms. The highest BCUT2D eigenvalue weighted by atomic mass is 35.5. The van der Waals surface area contributed by atoms with E-state index in [0.29, 0.717) is 11.6 Å². The van der Waals surface area contributed by atoms with Crippen LogP contribution in [0.4, 0.5) is 0 Å². The summed E-state index contributed by atoms with van der Waals surface area (Å²) in [7, 11) is -1.92. The molecule has 0 aromatic heterocycles. The molecule has 1 aliphatic rings. The number of nitrogens with one attached hydrogen (secondary N) is 1. The Kier molecular flexibility index (Phi) is 4.18. The van der Waals surface area contributed by atoms with Gasteiger partial charge in [-0.25, -0.2) is 8.42 Å². The van der Waals surface area contributed by atoms with E-state index in [-0.39, 0.29) is 16.0 Å². The van der Waals surface area contributed by atoms with E-state index in [1.807, 2.05) is 0 Å². The molecule has 1 heterocycles. The van der Waals surface area contributed by atoms with Gasteiger partial charge in [0, 0.05) is 19.6 Å². The summed E-state index contributed by atoms with van der Waals surface area (Å²) in [6.07, 6.45) is 0.817. The highest BCUT2D eigenvalue weighted by Gasteiger charge is 2.30. The first-order valence-electron chi connectivity index (χ1n) is 5.57. The van der Waals surface area contributed by atoms with Crippen molar-refractivity contribution >= 4 is 33.2 Å². The van der Waals surface area contributed by atoms with Crippen LogP contribution in [0.5, 0.6) is 0 Å². The molecule has 4 nitrogen and oxygen atoms in total. The van der Waals surface area contributed by atoms with E-state index in [0.717, 1.165) is 13.0 Å². The van der Waals surface area contributed by atoms with Crippen molar-refractivity contribution in [1.82, 2.24) is 9.62 Å². The molecule has 1 aromatic rings. The van der Waals surface area contributed by atoms with E-state index < -0.39 is 10.0 Å². The average molecular weight is 309 g/mol. The quantitative estimate of drug-likeness (QED) is 0.929. The second-order valence-corrected chi connectivity index (χ2v) is 7.06. The van der Waals surface area contributed by atoms with Crippen LogP contribution in [0.2, 0.25) is 10.0 Å². The first-order valence-corrected chi connectivity index (χ1v) is 7.76. The number of hydrogen-bond donors (Lipinski definition) is 1. The maximum Gasteiger partial charge on any atom is 0.243 e. The largest absolute Gasteiger partial charge is 0.315 e. The lowest BCUT2D eigenvalue weighted by Gasteiger charge is -2.23. The van der Waals surface area contributed by atoms with Crippen molar-refractivity contribution < 1.29 is 8.42 Å². The summed E-state index contributed by atoms with van der Waals surface area (Å²) in [4.78, 5) is 0.173. The van der Waals surface area contributed by atoms with E-state index >= 15 is 0 Å². The zero-order valence-electron chi connectivity index (χ0n) is 9.86. The maximum atomic E-state index is 12.4. The zero-order chi connectivity index (χ0) is 13.3. The summed E-state index contributed by atoms with van der Waals surface area (Å²) < 4.78 is 26.2. The molecule has 0 radical (unpaired) electrons. The first-order chi connectivity index (χ1) is 8.43. The highest BCUT2D eigenvalue weighted by Crippen LogP contribution is 2.27. The van der Waals surface area contributed by atoms with Crippen molar-refractivity contribution in [3.63, 3.8) is 0 Å². The van der Waals surface area contributed by atoms with E-state index in [4.69, 9.17) is 23.2 Å². The molecule has 1 fully saturated rings. The van der Waals surface area contributed by atoms with Gasteiger partial charge < -0.3 is 5.32 Å². The molecule has 1 atom stereocenters. The van der Waals surface area contributed by atoms with Crippen molar-refractivity contribution in [2.45, 2.75) is 17.4 Å². The average Bonchev–Trinajstić information content (AvgIpc) is 2.85. The lowest BCUT2D eigenvalue weighted by molar-refractivity contribution is 0.388. The van der Waals surface area contributed by atoms with Gasteiger partial charge in [-0.3, -0.25) is 0 Å². The summed E-state index contributed by atoms with van der Waals surface area (Å²) >= 11 is 11.6. The maximum absolute atomic E-state index is 12.4. The number of benzene rings is 1. The summed E-state index contributed by atoms with van der Waals surface area (Å²) in [5.74, 6) is 0. The number of sulfonamides is 1. The van der Waals surface area contributed by atoms with Crippen molar-refractivity contribution in [3.8, 4) is 0 Å². The molecule has 1 N–H and O–H groups in total. The lowest BCUT2D eigenvalue weighted by atomic mass is 10.3. The first kappa shape index (κ1) is 14.1. The number of nitrogens with zero attached hydrogens (tertiary/aromatic N) is 1. The predicted octanol–water partition coefficient (Wildman–Crippen LogP) is 1.98. The molecule has 1 unspecified atom stereocenters. The van der Waals surface area contributed by atoms with Crippen LogP contribution in [0.25, 0.3) is 0 Å². The van der Waals surface area contributed by atoms with Crippen LogP contribution in [-0.2, 0) is 10.0 Å². The van der Waals surface area contributed by atoms with E-state index in [2.05, 4.69) is 5.32 Å². The monoisotopic (exact) mass is 308 g/mol. The van der Waals surface area contributed by atoms with Crippen LogP contribution in [0.1, 0.15) is 6.42 Å². The van der Waals surface area contributed by atoms with Crippen molar-refractivity contribution in [1.29, 1.82) is 0 Å². The molecular formula is C11H14Cl2N2O2S. The normalized spacial score (nSPS) is 20.6. The summed E-state index contributed by atoms with van der Waals surface area (Å²) in [5, 5.41) is 3.74. The van der Waals surface area contributed by atoms with Crippen LogP contribution in [0.3, 0.4) is 0 Å². The Bertz CT molecular complexity index is 542. The molecule has 7 heteroatoms. The minimum absolute atomic E-state index is 0.00977. The third-order valence-electron chi connectivity index (χ3n) is 3.12. The number of rotatable bonds is 3. The molecule has 2 rings (SSSR count). The van der Waals surface area contributed by atoms with Gasteiger partial charge in [-0.05, 0) is 31.2 Å². The molecule has 1 aromatic carbocycles. The van der Waals surface area contributed by atoms with Crippen molar-refractivity contribution in [2.75, 3.05) is 20.1 Å².